The van der Waals surface area contributed by atoms with Crippen LogP contribution in [-0.4, -0.2) is 73.4 Å². The second kappa shape index (κ2) is 50.3. The zero-order valence-electron chi connectivity index (χ0n) is 44.9. The first-order chi connectivity index (χ1) is 34.0. The fraction of sp³-hybridized carbons (Fsp3) is 0.590. The van der Waals surface area contributed by atoms with E-state index in [-0.39, 0.29) is 25.5 Å². The van der Waals surface area contributed by atoms with Crippen LogP contribution in [0.1, 0.15) is 181 Å². The number of phosphoric ester groups is 1. The van der Waals surface area contributed by atoms with Gasteiger partial charge in [0.1, 0.15) is 13.2 Å². The molecule has 0 aromatic carbocycles. The van der Waals surface area contributed by atoms with E-state index < -0.39 is 20.0 Å². The van der Waals surface area contributed by atoms with Crippen molar-refractivity contribution in [3.05, 3.63) is 146 Å². The van der Waals surface area contributed by atoms with E-state index in [9.17, 15) is 19.4 Å². The number of nitrogens with one attached hydrogen (secondary N) is 1. The van der Waals surface area contributed by atoms with Gasteiger partial charge in [-0.15, -0.1) is 0 Å². The quantitative estimate of drug-likeness (QED) is 0.0243. The molecule has 0 fully saturated rings. The van der Waals surface area contributed by atoms with Gasteiger partial charge >= 0.3 is 7.82 Å². The molecule has 9 heteroatoms. The Morgan fingerprint density at radius 1 is 0.500 bits per heavy atom. The van der Waals surface area contributed by atoms with Gasteiger partial charge in [-0.1, -0.05) is 211 Å². The minimum Gasteiger partial charge on any atom is -0.387 e. The van der Waals surface area contributed by atoms with Gasteiger partial charge in [0.25, 0.3) is 0 Å². The summed E-state index contributed by atoms with van der Waals surface area (Å²) in [6.45, 7) is 4.61. The third-order valence-electron chi connectivity index (χ3n) is 11.0. The standard InChI is InChI=1S/C61H101N2O6P/c1-6-8-10-12-14-16-18-20-22-23-24-25-26-27-28-29-30-31-32-33-34-35-36-37-38-39-41-43-45-47-49-51-53-55-61(65)62-59(58-69-70(66,67)68-57-56-63(3,4)5)60(64)54-52-50-48-46-44-42-40-21-19-17-15-13-11-9-7-2/h8,10,14,16,20,22,24-25,27-28,30-31,33-34,36-37,39,41,44-47,52,54,59-60,64H,6-7,9,11-13,15,17-19,21,23,26,29,32,35,38,40,42-43,48-51,53,55-58H2,1-5H3,(H-,62,65,66,67)/p+1/b10-8-,16-14-,22-20-,25-24-,28-27-,31-30-,34-33-,37-36-,41-39-,46-44+,47-45-,54-52+. The second-order valence-electron chi connectivity index (χ2n) is 18.9. The minimum absolute atomic E-state index is 0.0389. The number of unbranched alkanes of at least 4 members (excludes halogenated alkanes) is 12. The summed E-state index contributed by atoms with van der Waals surface area (Å²) >= 11 is 0. The summed E-state index contributed by atoms with van der Waals surface area (Å²) in [5.74, 6) is -0.237. The number of phosphoric acid groups is 1. The van der Waals surface area contributed by atoms with Crippen LogP contribution in [0.5, 0.6) is 0 Å². The fourth-order valence-electron chi connectivity index (χ4n) is 6.79. The van der Waals surface area contributed by atoms with Gasteiger partial charge in [-0.2, -0.15) is 0 Å². The van der Waals surface area contributed by atoms with Crippen LogP contribution in [0.2, 0.25) is 0 Å². The Morgan fingerprint density at radius 3 is 1.31 bits per heavy atom. The highest BCUT2D eigenvalue weighted by molar-refractivity contribution is 7.47. The molecule has 8 nitrogen and oxygen atoms in total. The molecule has 70 heavy (non-hydrogen) atoms. The number of quaternary nitrogens is 1. The van der Waals surface area contributed by atoms with Gasteiger partial charge in [0.2, 0.25) is 5.91 Å². The smallest absolute Gasteiger partial charge is 0.387 e. The summed E-state index contributed by atoms with van der Waals surface area (Å²) in [5, 5.41) is 13.8. The van der Waals surface area contributed by atoms with Crippen LogP contribution in [-0.2, 0) is 18.4 Å². The third kappa shape index (κ3) is 52.2. The number of aliphatic hydroxyl groups excluding tert-OH is 1. The molecule has 1 amide bonds. The lowest BCUT2D eigenvalue weighted by molar-refractivity contribution is -0.870. The highest BCUT2D eigenvalue weighted by atomic mass is 31.2. The van der Waals surface area contributed by atoms with E-state index >= 15 is 0 Å². The van der Waals surface area contributed by atoms with Crippen molar-refractivity contribution in [1.82, 2.24) is 5.32 Å². The Bertz CT molecular complexity index is 1640. The summed E-state index contributed by atoms with van der Waals surface area (Å²) in [6.07, 6.45) is 78.0. The van der Waals surface area contributed by atoms with Gasteiger partial charge in [-0.3, -0.25) is 13.8 Å². The molecule has 3 N–H and O–H groups in total. The first-order valence-corrected chi connectivity index (χ1v) is 28.7. The third-order valence-corrected chi connectivity index (χ3v) is 12.0. The number of aliphatic hydroxyl groups is 1. The minimum atomic E-state index is -4.37. The SMILES string of the molecule is CC/C=C\C/C=C\C/C=C\C/C=C\C/C=C\C/C=C\C/C=C\C/C=C\C/C=C\C/C=C\CCCCC(=O)NC(COP(=O)(O)OCC[N+](C)(C)C)C(O)/C=C/CC/C=C/CCCCCCCCCCC. The van der Waals surface area contributed by atoms with E-state index in [1.165, 1.54) is 57.8 Å². The predicted octanol–water partition coefficient (Wildman–Crippen LogP) is 16.5. The Kier molecular flexibility index (Phi) is 47.7. The number of amides is 1. The number of hydrogen-bond acceptors (Lipinski definition) is 5. The van der Waals surface area contributed by atoms with Crippen molar-refractivity contribution in [2.24, 2.45) is 0 Å². The monoisotopic (exact) mass is 990 g/mol. The molecule has 0 aromatic heterocycles. The van der Waals surface area contributed by atoms with E-state index in [0.29, 0.717) is 17.4 Å². The average Bonchev–Trinajstić information content (AvgIpc) is 3.32. The molecule has 396 valence electrons. The number of carbonyl (C=O) groups excluding carboxylic acids is 1. The van der Waals surface area contributed by atoms with Gasteiger partial charge in [0, 0.05) is 6.42 Å². The average molecular weight is 990 g/mol. The largest absolute Gasteiger partial charge is 0.472 e. The Hall–Kier alpha value is -3.62. The molecule has 0 aromatic rings. The van der Waals surface area contributed by atoms with Gasteiger partial charge in [0.05, 0.1) is 39.9 Å². The van der Waals surface area contributed by atoms with Crippen LogP contribution in [0, 0.1) is 0 Å². The van der Waals surface area contributed by atoms with Crippen molar-refractivity contribution in [3.8, 4) is 0 Å². The Morgan fingerprint density at radius 2 is 0.871 bits per heavy atom. The first-order valence-electron chi connectivity index (χ1n) is 27.2. The number of allylic oxidation sites excluding steroid dienone is 23. The lowest BCUT2D eigenvalue weighted by Crippen LogP contribution is -2.45. The van der Waals surface area contributed by atoms with Crippen molar-refractivity contribution in [2.75, 3.05) is 40.9 Å². The van der Waals surface area contributed by atoms with Crippen molar-refractivity contribution in [2.45, 2.75) is 193 Å². The maximum atomic E-state index is 12.9. The topological polar surface area (TPSA) is 105 Å². The first kappa shape index (κ1) is 66.4. The van der Waals surface area contributed by atoms with E-state index in [4.69, 9.17) is 9.05 Å². The molecule has 0 spiro atoms. The summed E-state index contributed by atoms with van der Waals surface area (Å²) in [4.78, 5) is 23.2. The number of likely N-dealkylation sites (N-methyl/N-ethyl adjacent to an activating group) is 1. The van der Waals surface area contributed by atoms with Crippen LogP contribution in [0.4, 0.5) is 0 Å². The van der Waals surface area contributed by atoms with Gasteiger partial charge < -0.3 is 19.8 Å². The molecule has 0 heterocycles. The van der Waals surface area contributed by atoms with Crippen molar-refractivity contribution < 1.29 is 32.9 Å². The van der Waals surface area contributed by atoms with Crippen LogP contribution < -0.4 is 5.32 Å². The molecule has 0 aliphatic rings. The number of hydrogen-bond donors (Lipinski definition) is 3. The molecule has 0 aliphatic carbocycles. The molecule has 0 aliphatic heterocycles. The molecule has 0 saturated carbocycles. The molecule has 0 saturated heterocycles. The van der Waals surface area contributed by atoms with E-state index in [0.717, 1.165) is 96.3 Å². The van der Waals surface area contributed by atoms with Gasteiger partial charge in [-0.05, 0) is 109 Å². The van der Waals surface area contributed by atoms with E-state index in [1.807, 2.05) is 27.2 Å². The zero-order chi connectivity index (χ0) is 51.3. The highest BCUT2D eigenvalue weighted by Gasteiger charge is 2.27. The van der Waals surface area contributed by atoms with E-state index in [1.54, 1.807) is 6.08 Å². The summed E-state index contributed by atoms with van der Waals surface area (Å²) < 4.78 is 23.6. The van der Waals surface area contributed by atoms with Crippen molar-refractivity contribution in [3.63, 3.8) is 0 Å². The maximum absolute atomic E-state index is 12.9. The molecule has 3 atom stereocenters. The highest BCUT2D eigenvalue weighted by Crippen LogP contribution is 2.43. The predicted molar refractivity (Wildman–Crippen MR) is 304 cm³/mol. The van der Waals surface area contributed by atoms with Crippen molar-refractivity contribution >= 4 is 13.7 Å². The molecule has 0 radical (unpaired) electrons. The Labute approximate surface area is 429 Å². The molecular weight excluding hydrogens is 888 g/mol. The number of rotatable bonds is 47. The van der Waals surface area contributed by atoms with Crippen LogP contribution >= 0.6 is 7.82 Å². The van der Waals surface area contributed by atoms with Gasteiger partial charge in [0.15, 0.2) is 0 Å². The normalized spacial score (nSPS) is 15.1. The number of carbonyl (C=O) groups is 1. The molecular formula is C61H102N2O6P+. The van der Waals surface area contributed by atoms with Crippen LogP contribution in [0.25, 0.3) is 0 Å². The van der Waals surface area contributed by atoms with Crippen LogP contribution in [0.3, 0.4) is 0 Å². The molecule has 0 bridgehead atoms. The summed E-state index contributed by atoms with van der Waals surface area (Å²) in [7, 11) is 1.50. The summed E-state index contributed by atoms with van der Waals surface area (Å²) in [5.41, 5.74) is 0. The zero-order valence-corrected chi connectivity index (χ0v) is 45.8. The van der Waals surface area contributed by atoms with Gasteiger partial charge in [-0.25, -0.2) is 4.57 Å². The lowest BCUT2D eigenvalue weighted by Gasteiger charge is -2.25. The molecule has 3 unspecified atom stereocenters. The Balaban J connectivity index is 4.38. The second-order valence-corrected chi connectivity index (χ2v) is 20.3. The maximum Gasteiger partial charge on any atom is 0.472 e. The number of nitrogens with zero attached hydrogens (tertiary/aromatic N) is 1. The summed E-state index contributed by atoms with van der Waals surface area (Å²) in [6, 6.07) is -0.898. The van der Waals surface area contributed by atoms with Crippen LogP contribution in [0.15, 0.2) is 146 Å². The molecule has 0 rings (SSSR count). The fourth-order valence-corrected chi connectivity index (χ4v) is 7.52. The van der Waals surface area contributed by atoms with Crippen molar-refractivity contribution in [1.29, 1.82) is 0 Å². The lowest BCUT2D eigenvalue weighted by atomic mass is 10.1. The van der Waals surface area contributed by atoms with E-state index in [2.05, 4.69) is 153 Å².